The van der Waals surface area contributed by atoms with Crippen molar-refractivity contribution in [2.45, 2.75) is 11.8 Å². The van der Waals surface area contributed by atoms with Crippen molar-refractivity contribution in [1.82, 2.24) is 15.0 Å². The second-order valence-corrected chi connectivity index (χ2v) is 6.32. The lowest BCUT2D eigenvalue weighted by atomic mass is 10.3. The van der Waals surface area contributed by atoms with E-state index >= 15 is 0 Å². The molecule has 4 N–H and O–H groups in total. The maximum atomic E-state index is 10.8. The first kappa shape index (κ1) is 17.1. The van der Waals surface area contributed by atoms with Crippen LogP contribution in [-0.2, 0) is 0 Å². The second kappa shape index (κ2) is 6.91. The Morgan fingerprint density at radius 2 is 1.67 bits per heavy atom. The molecule has 0 bridgehead atoms. The van der Waals surface area contributed by atoms with Crippen LogP contribution in [0, 0.1) is 21.6 Å². The van der Waals surface area contributed by atoms with Crippen molar-refractivity contribution in [3.05, 3.63) is 38.7 Å². The van der Waals surface area contributed by atoms with E-state index in [9.17, 15) is 14.7 Å². The molecule has 0 saturated heterocycles. The third kappa shape index (κ3) is 3.24. The Balaban J connectivity index is 2.37. The summed E-state index contributed by atoms with van der Waals surface area (Å²) < 4.78 is 7.41. The van der Waals surface area contributed by atoms with Crippen LogP contribution < -0.4 is 16.4 Å². The highest BCUT2D eigenvalue weighted by Gasteiger charge is 2.33. The number of aryl methyl sites for hydroxylation is 1. The lowest BCUT2D eigenvalue weighted by Gasteiger charge is -2.17. The van der Waals surface area contributed by atoms with Crippen LogP contribution in [0.25, 0.3) is 0 Å². The number of hydrogen-bond acceptors (Lipinski definition) is 12. The van der Waals surface area contributed by atoms with Crippen molar-refractivity contribution in [3.63, 3.8) is 0 Å². The molecule has 0 fully saturated rings. The molecule has 1 aromatic carbocycles. The summed E-state index contributed by atoms with van der Waals surface area (Å²) in [5, 5.41) is 5.69. The van der Waals surface area contributed by atoms with Crippen LogP contribution in [0.5, 0.6) is 0 Å². The molecule has 0 saturated carbocycles. The van der Waals surface area contributed by atoms with Gasteiger partial charge in [0, 0.05) is 26.5 Å². The first-order chi connectivity index (χ1) is 11.5. The van der Waals surface area contributed by atoms with E-state index in [1.807, 2.05) is 0 Å². The minimum absolute atomic E-state index is 0.0339. The topological polar surface area (TPSA) is 177 Å². The van der Waals surface area contributed by atoms with Gasteiger partial charge in [0.25, 0.3) is 0 Å². The number of rotatable bonds is 7. The number of nitroso groups, excluding NO2 is 3. The average molecular weight is 351 g/mol. The molecule has 126 valence electrons. The Morgan fingerprint density at radius 3 is 2.21 bits per heavy atom. The minimum atomic E-state index is -3.62. The van der Waals surface area contributed by atoms with Gasteiger partial charge in [-0.1, -0.05) is 0 Å². The van der Waals surface area contributed by atoms with E-state index in [0.29, 0.717) is 17.5 Å². The molecule has 1 aromatic heterocycles. The van der Waals surface area contributed by atoms with Crippen LogP contribution in [0.4, 0.5) is 23.3 Å². The van der Waals surface area contributed by atoms with Gasteiger partial charge in [-0.25, -0.2) is 0 Å². The maximum absolute atomic E-state index is 10.8. The first-order valence-electron chi connectivity index (χ1n) is 6.42. The molecule has 0 atom stereocenters. The molecular formula is C11H13N9O3S. The van der Waals surface area contributed by atoms with Crippen molar-refractivity contribution in [2.24, 2.45) is 13.7 Å². The van der Waals surface area contributed by atoms with Crippen LogP contribution >= 0.6 is 10.6 Å². The van der Waals surface area contributed by atoms with E-state index in [2.05, 4.69) is 39.3 Å². The number of nitrogens with one attached hydrogen (secondary N) is 2. The molecule has 13 heteroatoms. The molecule has 2 aromatic rings. The normalized spacial score (nSPS) is 11.4. The van der Waals surface area contributed by atoms with Gasteiger partial charge in [-0.15, -0.1) is 14.7 Å². The number of aromatic nitrogens is 3. The predicted molar refractivity (Wildman–Crippen MR) is 91.5 cm³/mol. The van der Waals surface area contributed by atoms with Crippen LogP contribution in [0.3, 0.4) is 0 Å². The lowest BCUT2D eigenvalue weighted by molar-refractivity contribution is 0.984. The van der Waals surface area contributed by atoms with Crippen molar-refractivity contribution in [3.8, 4) is 0 Å². The molecule has 1 heterocycles. The van der Waals surface area contributed by atoms with Crippen molar-refractivity contribution in [2.75, 3.05) is 23.4 Å². The number of nitrogens with zero attached hydrogens (tertiary/aromatic N) is 6. The molecule has 0 aliphatic heterocycles. The van der Waals surface area contributed by atoms with Gasteiger partial charge < -0.3 is 16.4 Å². The summed E-state index contributed by atoms with van der Waals surface area (Å²) in [7, 11) is -1.96. The van der Waals surface area contributed by atoms with E-state index in [1.54, 1.807) is 14.0 Å². The summed E-state index contributed by atoms with van der Waals surface area (Å²) in [6.45, 7) is 1.70. The Bertz CT molecular complexity index is 779. The van der Waals surface area contributed by atoms with E-state index < -0.39 is 10.6 Å². The highest BCUT2D eigenvalue weighted by atomic mass is 32.3. The zero-order valence-corrected chi connectivity index (χ0v) is 13.4. The van der Waals surface area contributed by atoms with Crippen molar-refractivity contribution >= 4 is 33.9 Å². The zero-order chi connectivity index (χ0) is 17.7. The second-order valence-electron chi connectivity index (χ2n) is 4.40. The van der Waals surface area contributed by atoms with Crippen LogP contribution in [0.15, 0.2) is 36.8 Å². The van der Waals surface area contributed by atoms with Gasteiger partial charge in [0.05, 0.1) is 10.6 Å². The molecule has 0 spiro atoms. The summed E-state index contributed by atoms with van der Waals surface area (Å²) in [5.74, 6) is 1.12. The molecule has 0 radical (unpaired) electrons. The highest BCUT2D eigenvalue weighted by molar-refractivity contribution is 8.30. The van der Waals surface area contributed by atoms with E-state index in [4.69, 9.17) is 5.73 Å². The molecule has 0 unspecified atom stereocenters. The van der Waals surface area contributed by atoms with E-state index in [-0.39, 0.29) is 16.5 Å². The summed E-state index contributed by atoms with van der Waals surface area (Å²) in [6, 6.07) is 4.13. The van der Waals surface area contributed by atoms with Gasteiger partial charge in [-0.2, -0.15) is 15.0 Å². The summed E-state index contributed by atoms with van der Waals surface area (Å²) in [4.78, 5) is 44.6. The Labute approximate surface area is 137 Å². The van der Waals surface area contributed by atoms with Gasteiger partial charge in [0.15, 0.2) is 10.6 Å². The molecule has 0 aliphatic carbocycles. The number of anilines is 4. The molecule has 24 heavy (non-hydrogen) atoms. The fourth-order valence-corrected chi connectivity index (χ4v) is 2.76. The molecule has 0 amide bonds. The number of benzene rings is 1. The summed E-state index contributed by atoms with van der Waals surface area (Å²) in [6.07, 6.45) is 0. The Morgan fingerprint density at radius 1 is 1.04 bits per heavy atom. The largest absolute Gasteiger partial charge is 0.398 e. The molecule has 0 aliphatic rings. The third-order valence-corrected chi connectivity index (χ3v) is 4.43. The smallest absolute Gasteiger partial charge is 0.232 e. The summed E-state index contributed by atoms with van der Waals surface area (Å²) >= 11 is 0. The van der Waals surface area contributed by atoms with Gasteiger partial charge >= 0.3 is 0 Å². The van der Waals surface area contributed by atoms with Crippen molar-refractivity contribution in [1.29, 1.82) is 0 Å². The van der Waals surface area contributed by atoms with Gasteiger partial charge in [-0.05, 0) is 25.1 Å². The summed E-state index contributed by atoms with van der Waals surface area (Å²) in [5.41, 5.74) is 6.22. The first-order valence-corrected chi connectivity index (χ1v) is 7.92. The Hall–Kier alpha value is -3.22. The molecular weight excluding hydrogens is 338 g/mol. The number of nitrogen functional groups attached to an aromatic ring is 1. The fourth-order valence-electron chi connectivity index (χ4n) is 1.82. The third-order valence-electron chi connectivity index (χ3n) is 2.84. The standard InChI is InChI=1S/C11H13N9O3S/c1-6-14-10(13-2)17-11(15-6)16-7-3-4-9(8(12)5-7)24(18-21,19-22)20-23/h3-5H,12H2,1-2H3,(H2,13,14,15,16,17). The quantitative estimate of drug-likeness (QED) is 0.499. The molecule has 12 nitrogen and oxygen atoms in total. The average Bonchev–Trinajstić information content (AvgIpc) is 2.57. The molecule has 2 rings (SSSR count). The highest BCUT2D eigenvalue weighted by Crippen LogP contribution is 2.61. The van der Waals surface area contributed by atoms with Gasteiger partial charge in [-0.3, -0.25) is 0 Å². The van der Waals surface area contributed by atoms with Crippen LogP contribution in [-0.4, -0.2) is 22.0 Å². The maximum Gasteiger partial charge on any atom is 0.232 e. The zero-order valence-electron chi connectivity index (χ0n) is 12.6. The SMILES string of the molecule is CNc1nc(C)nc(Nc2ccc(S(N=O)(N=O)N=O)c(N)c2)n1. The van der Waals surface area contributed by atoms with E-state index in [0.717, 1.165) is 0 Å². The van der Waals surface area contributed by atoms with Crippen LogP contribution in [0.1, 0.15) is 5.82 Å². The lowest BCUT2D eigenvalue weighted by Crippen LogP contribution is -2.05. The monoisotopic (exact) mass is 351 g/mol. The van der Waals surface area contributed by atoms with E-state index in [1.165, 1.54) is 18.2 Å². The Kier molecular flexibility index (Phi) is 4.93. The predicted octanol–water partition coefficient (Wildman–Crippen LogP) is 2.76. The minimum Gasteiger partial charge on any atom is -0.398 e. The van der Waals surface area contributed by atoms with Gasteiger partial charge in [0.1, 0.15) is 5.82 Å². The number of nitrogens with two attached hydrogens (primary N) is 1. The van der Waals surface area contributed by atoms with Crippen molar-refractivity contribution < 1.29 is 0 Å². The van der Waals surface area contributed by atoms with Crippen LogP contribution in [0.2, 0.25) is 0 Å². The fraction of sp³-hybridized carbons (Fsp3) is 0.182. The number of hydrogen-bond donors (Lipinski definition) is 3. The van der Waals surface area contributed by atoms with Gasteiger partial charge in [0.2, 0.25) is 11.9 Å².